The van der Waals surface area contributed by atoms with Gasteiger partial charge in [-0.05, 0) is 72.0 Å². The lowest BCUT2D eigenvalue weighted by atomic mass is 9.94. The van der Waals surface area contributed by atoms with Crippen molar-refractivity contribution in [3.05, 3.63) is 106 Å². The molecule has 1 fully saturated rings. The summed E-state index contributed by atoms with van der Waals surface area (Å²) in [6, 6.07) is 15.1. The molecule has 0 saturated carbocycles. The molecule has 7 heteroatoms. The summed E-state index contributed by atoms with van der Waals surface area (Å²) in [5.41, 5.74) is 2.10. The van der Waals surface area contributed by atoms with Crippen LogP contribution in [0.15, 0.2) is 72.3 Å². The van der Waals surface area contributed by atoms with E-state index < -0.39 is 29.4 Å². The van der Waals surface area contributed by atoms with Crippen LogP contribution in [-0.4, -0.2) is 28.3 Å². The number of amides is 1. The number of aliphatic hydroxyl groups is 1. The number of likely N-dealkylation sites (tertiary alicyclic amines) is 1. The lowest BCUT2D eigenvalue weighted by Gasteiger charge is -2.25. The van der Waals surface area contributed by atoms with Crippen molar-refractivity contribution in [2.75, 3.05) is 6.61 Å². The second-order valence-corrected chi connectivity index (χ2v) is 9.29. The Morgan fingerprint density at radius 3 is 2.17 bits per heavy atom. The first-order chi connectivity index (χ1) is 17.2. The molecule has 1 atom stereocenters. The Bertz CT molecular complexity index is 1310. The Morgan fingerprint density at radius 1 is 0.972 bits per heavy atom. The fourth-order valence-electron chi connectivity index (χ4n) is 4.19. The van der Waals surface area contributed by atoms with Gasteiger partial charge in [-0.1, -0.05) is 38.1 Å². The number of ether oxygens (including phenoxy) is 1. The largest absolute Gasteiger partial charge is 0.507 e. The van der Waals surface area contributed by atoms with Crippen LogP contribution in [0.25, 0.3) is 5.76 Å². The quantitative estimate of drug-likeness (QED) is 0.253. The van der Waals surface area contributed by atoms with Gasteiger partial charge in [0.25, 0.3) is 11.7 Å². The Morgan fingerprint density at radius 2 is 1.58 bits per heavy atom. The molecule has 0 spiro atoms. The number of carbonyl (C=O) groups is 2. The van der Waals surface area contributed by atoms with Crippen molar-refractivity contribution in [2.24, 2.45) is 5.92 Å². The second kappa shape index (κ2) is 10.3. The number of carbonyl (C=O) groups excluding carboxylic acids is 2. The van der Waals surface area contributed by atoms with Crippen LogP contribution in [0.5, 0.6) is 5.75 Å². The number of hydrogen-bond donors (Lipinski definition) is 1. The smallest absolute Gasteiger partial charge is 0.295 e. The summed E-state index contributed by atoms with van der Waals surface area (Å²) >= 11 is 0. The van der Waals surface area contributed by atoms with E-state index in [1.54, 1.807) is 18.2 Å². The van der Waals surface area contributed by atoms with Crippen molar-refractivity contribution in [2.45, 2.75) is 33.4 Å². The first kappa shape index (κ1) is 25.1. The van der Waals surface area contributed by atoms with Crippen LogP contribution in [0.3, 0.4) is 0 Å². The van der Waals surface area contributed by atoms with E-state index in [-0.39, 0.29) is 17.9 Å². The van der Waals surface area contributed by atoms with Crippen LogP contribution < -0.4 is 4.74 Å². The summed E-state index contributed by atoms with van der Waals surface area (Å²) in [5.74, 6) is -1.88. The molecule has 0 aromatic heterocycles. The molecule has 1 aliphatic heterocycles. The Balaban J connectivity index is 1.78. The standard InChI is InChI=1S/C29H27F2NO4/c1-17(2)16-36-24-13-8-21(14-18(24)3)27(33)25-26(20-6-11-23(31)12-7-20)32(29(35)28(25)34)15-19-4-9-22(30)10-5-19/h4-14,17,26,33H,15-16H2,1-3H3/b27-25-. The van der Waals surface area contributed by atoms with Crippen LogP contribution in [-0.2, 0) is 16.1 Å². The zero-order chi connectivity index (χ0) is 26.0. The normalized spacial score (nSPS) is 17.2. The number of hydrogen-bond acceptors (Lipinski definition) is 4. The summed E-state index contributed by atoms with van der Waals surface area (Å²) < 4.78 is 32.9. The van der Waals surface area contributed by atoms with Gasteiger partial charge in [0, 0.05) is 12.1 Å². The number of halogens is 2. The summed E-state index contributed by atoms with van der Waals surface area (Å²) in [6.45, 7) is 6.44. The molecule has 1 aliphatic rings. The zero-order valence-corrected chi connectivity index (χ0v) is 20.3. The zero-order valence-electron chi connectivity index (χ0n) is 20.3. The van der Waals surface area contributed by atoms with E-state index in [1.807, 2.05) is 20.8 Å². The molecule has 1 heterocycles. The van der Waals surface area contributed by atoms with Gasteiger partial charge in [-0.2, -0.15) is 0 Å². The van der Waals surface area contributed by atoms with Gasteiger partial charge in [-0.3, -0.25) is 9.59 Å². The monoisotopic (exact) mass is 491 g/mol. The highest BCUT2D eigenvalue weighted by atomic mass is 19.1. The Hall–Kier alpha value is -4.00. The second-order valence-electron chi connectivity index (χ2n) is 9.29. The fourth-order valence-corrected chi connectivity index (χ4v) is 4.19. The highest BCUT2D eigenvalue weighted by Gasteiger charge is 2.46. The molecule has 4 rings (SSSR count). The van der Waals surface area contributed by atoms with E-state index in [4.69, 9.17) is 4.74 Å². The van der Waals surface area contributed by atoms with E-state index in [2.05, 4.69) is 0 Å². The molecular weight excluding hydrogens is 464 g/mol. The third-order valence-electron chi connectivity index (χ3n) is 6.01. The average molecular weight is 492 g/mol. The van der Waals surface area contributed by atoms with Crippen LogP contribution in [0.4, 0.5) is 8.78 Å². The summed E-state index contributed by atoms with van der Waals surface area (Å²) in [4.78, 5) is 27.6. The minimum absolute atomic E-state index is 0.00465. The average Bonchev–Trinajstić information content (AvgIpc) is 3.09. The third-order valence-corrected chi connectivity index (χ3v) is 6.01. The molecule has 1 saturated heterocycles. The molecular formula is C29H27F2NO4. The van der Waals surface area contributed by atoms with Gasteiger partial charge in [-0.15, -0.1) is 0 Å². The molecule has 0 aliphatic carbocycles. The molecule has 3 aromatic carbocycles. The maximum atomic E-state index is 13.7. The molecule has 3 aromatic rings. The number of benzene rings is 3. The highest BCUT2D eigenvalue weighted by Crippen LogP contribution is 2.40. The van der Waals surface area contributed by atoms with Crippen molar-refractivity contribution >= 4 is 17.4 Å². The number of aryl methyl sites for hydroxylation is 1. The maximum Gasteiger partial charge on any atom is 0.295 e. The van der Waals surface area contributed by atoms with E-state index in [0.29, 0.717) is 35.0 Å². The van der Waals surface area contributed by atoms with Crippen LogP contribution in [0, 0.1) is 24.5 Å². The molecule has 0 bridgehead atoms. The van der Waals surface area contributed by atoms with Crippen molar-refractivity contribution < 1.29 is 28.2 Å². The first-order valence-electron chi connectivity index (χ1n) is 11.7. The number of ketones is 1. The molecule has 1 N–H and O–H groups in total. The van der Waals surface area contributed by atoms with Gasteiger partial charge in [0.05, 0.1) is 18.2 Å². The number of rotatable bonds is 7. The fraction of sp³-hybridized carbons (Fsp3) is 0.241. The summed E-state index contributed by atoms with van der Waals surface area (Å²) in [6.07, 6.45) is 0. The lowest BCUT2D eigenvalue weighted by Crippen LogP contribution is -2.29. The number of Topliss-reactive ketones (excluding diaryl/α,β-unsaturated/α-hetero) is 1. The van der Waals surface area contributed by atoms with Gasteiger partial charge in [0.1, 0.15) is 23.1 Å². The van der Waals surface area contributed by atoms with Crippen molar-refractivity contribution in [1.82, 2.24) is 4.90 Å². The van der Waals surface area contributed by atoms with E-state index in [9.17, 15) is 23.5 Å². The van der Waals surface area contributed by atoms with E-state index in [0.717, 1.165) is 5.56 Å². The summed E-state index contributed by atoms with van der Waals surface area (Å²) in [7, 11) is 0. The minimum Gasteiger partial charge on any atom is -0.507 e. The molecule has 5 nitrogen and oxygen atoms in total. The SMILES string of the molecule is Cc1cc(/C(O)=C2/C(=O)C(=O)N(Cc3ccc(F)cc3)C2c2ccc(F)cc2)ccc1OCC(C)C. The minimum atomic E-state index is -0.951. The van der Waals surface area contributed by atoms with Gasteiger partial charge < -0.3 is 14.7 Å². The number of aliphatic hydroxyl groups excluding tert-OH is 1. The van der Waals surface area contributed by atoms with Crippen LogP contribution in [0.1, 0.15) is 42.1 Å². The first-order valence-corrected chi connectivity index (χ1v) is 11.7. The molecule has 1 amide bonds. The van der Waals surface area contributed by atoms with Crippen molar-refractivity contribution in [3.63, 3.8) is 0 Å². The van der Waals surface area contributed by atoms with Crippen molar-refractivity contribution in [3.8, 4) is 5.75 Å². The summed E-state index contributed by atoms with van der Waals surface area (Å²) in [5, 5.41) is 11.3. The Labute approximate surface area is 208 Å². The van der Waals surface area contributed by atoms with Gasteiger partial charge in [0.15, 0.2) is 0 Å². The third kappa shape index (κ3) is 5.15. The predicted octanol–water partition coefficient (Wildman–Crippen LogP) is 5.93. The van der Waals surface area contributed by atoms with Crippen LogP contribution in [0.2, 0.25) is 0 Å². The van der Waals surface area contributed by atoms with E-state index in [1.165, 1.54) is 53.4 Å². The predicted molar refractivity (Wildman–Crippen MR) is 132 cm³/mol. The van der Waals surface area contributed by atoms with Gasteiger partial charge >= 0.3 is 0 Å². The molecule has 0 radical (unpaired) electrons. The molecule has 36 heavy (non-hydrogen) atoms. The molecule has 186 valence electrons. The Kier molecular flexibility index (Phi) is 7.20. The van der Waals surface area contributed by atoms with E-state index >= 15 is 0 Å². The van der Waals surface area contributed by atoms with Crippen molar-refractivity contribution in [1.29, 1.82) is 0 Å². The van der Waals surface area contributed by atoms with Gasteiger partial charge in [-0.25, -0.2) is 8.78 Å². The number of nitrogens with zero attached hydrogens (tertiary/aromatic N) is 1. The topological polar surface area (TPSA) is 66.8 Å². The van der Waals surface area contributed by atoms with Gasteiger partial charge in [0.2, 0.25) is 0 Å². The maximum absolute atomic E-state index is 13.7. The lowest BCUT2D eigenvalue weighted by molar-refractivity contribution is -0.140. The molecule has 1 unspecified atom stereocenters. The highest BCUT2D eigenvalue weighted by molar-refractivity contribution is 6.46. The van der Waals surface area contributed by atoms with Crippen LogP contribution >= 0.6 is 0 Å².